The zero-order chi connectivity index (χ0) is 10.1. The van der Waals surface area contributed by atoms with Crippen molar-refractivity contribution >= 4 is 22.5 Å². The van der Waals surface area contributed by atoms with Crippen LogP contribution in [0.15, 0.2) is 24.3 Å². The van der Waals surface area contributed by atoms with Gasteiger partial charge in [0.25, 0.3) is 0 Å². The number of benzene rings is 1. The zero-order valence-electron chi connectivity index (χ0n) is 6.96. The summed E-state index contributed by atoms with van der Waals surface area (Å²) in [5.74, 6) is -0.582. The summed E-state index contributed by atoms with van der Waals surface area (Å²) < 4.78 is 13.4. The number of nitrogens with zero attached hydrogens (tertiary/aromatic N) is 2. The van der Waals surface area contributed by atoms with Crippen LogP contribution in [-0.4, -0.2) is 4.98 Å². The molecular weight excluding hydrogens is 203 g/mol. The van der Waals surface area contributed by atoms with Crippen molar-refractivity contribution in [2.24, 2.45) is 0 Å². The molecule has 0 aliphatic heterocycles. The Balaban J connectivity index is 2.86. The quantitative estimate of drug-likeness (QED) is 0.665. The number of halogens is 2. The summed E-state index contributed by atoms with van der Waals surface area (Å²) >= 11 is 5.59. The molecule has 14 heavy (non-hydrogen) atoms. The highest BCUT2D eigenvalue weighted by Gasteiger charge is 2.07. The number of rotatable bonds is 0. The van der Waals surface area contributed by atoms with Gasteiger partial charge < -0.3 is 0 Å². The molecule has 2 rings (SSSR count). The Morgan fingerprint density at radius 3 is 2.71 bits per heavy atom. The Bertz CT molecular complexity index is 546. The molecule has 2 aromatic rings. The third-order valence-electron chi connectivity index (χ3n) is 1.87. The fourth-order valence-corrected chi connectivity index (χ4v) is 1.34. The molecule has 0 saturated carbocycles. The number of fused-ring (bicyclic) bond motifs is 1. The average molecular weight is 207 g/mol. The molecule has 0 aliphatic carbocycles. The number of hydrogen-bond acceptors (Lipinski definition) is 2. The lowest BCUT2D eigenvalue weighted by Crippen LogP contribution is -1.88. The Morgan fingerprint density at radius 2 is 2.00 bits per heavy atom. The largest absolute Gasteiger partial charge is 0.234 e. The van der Waals surface area contributed by atoms with Crippen LogP contribution in [0.25, 0.3) is 10.9 Å². The van der Waals surface area contributed by atoms with E-state index in [0.29, 0.717) is 5.39 Å². The number of pyridine rings is 1. The molecule has 0 bridgehead atoms. The monoisotopic (exact) mass is 206 g/mol. The highest BCUT2D eigenvalue weighted by molar-refractivity contribution is 6.31. The molecule has 0 fully saturated rings. The normalized spacial score (nSPS) is 10.1. The first-order valence-corrected chi connectivity index (χ1v) is 4.25. The average Bonchev–Trinajstić information content (AvgIpc) is 2.23. The minimum atomic E-state index is -0.582. The topological polar surface area (TPSA) is 36.7 Å². The van der Waals surface area contributed by atoms with E-state index < -0.39 is 5.82 Å². The molecule has 0 amide bonds. The molecular formula is C10H4ClFN2. The van der Waals surface area contributed by atoms with Crippen LogP contribution in [0.1, 0.15) is 5.69 Å². The summed E-state index contributed by atoms with van der Waals surface area (Å²) in [6.07, 6.45) is 0. The van der Waals surface area contributed by atoms with Crippen LogP contribution in [0, 0.1) is 17.1 Å². The van der Waals surface area contributed by atoms with Gasteiger partial charge in [0.2, 0.25) is 0 Å². The van der Waals surface area contributed by atoms with Crippen molar-refractivity contribution in [3.8, 4) is 6.07 Å². The molecule has 1 aromatic heterocycles. The summed E-state index contributed by atoms with van der Waals surface area (Å²) in [4.78, 5) is 3.83. The molecule has 0 radical (unpaired) electrons. The van der Waals surface area contributed by atoms with Crippen molar-refractivity contribution in [2.75, 3.05) is 0 Å². The second kappa shape index (κ2) is 3.24. The highest BCUT2D eigenvalue weighted by atomic mass is 35.5. The Hall–Kier alpha value is -1.66. The van der Waals surface area contributed by atoms with E-state index in [0.717, 1.165) is 0 Å². The van der Waals surface area contributed by atoms with Crippen LogP contribution in [-0.2, 0) is 0 Å². The lowest BCUT2D eigenvalue weighted by molar-refractivity contribution is 0.637. The summed E-state index contributed by atoms with van der Waals surface area (Å²) in [6.45, 7) is 0. The predicted molar refractivity (Wildman–Crippen MR) is 51.4 cm³/mol. The molecule has 4 heteroatoms. The van der Waals surface area contributed by atoms with Crippen LogP contribution in [0.2, 0.25) is 5.02 Å². The number of nitriles is 1. The molecule has 0 saturated heterocycles. The second-order valence-electron chi connectivity index (χ2n) is 2.74. The lowest BCUT2D eigenvalue weighted by atomic mass is 10.2. The van der Waals surface area contributed by atoms with Gasteiger partial charge in [-0.1, -0.05) is 17.7 Å². The minimum Gasteiger partial charge on any atom is -0.234 e. The van der Waals surface area contributed by atoms with Gasteiger partial charge in [-0.25, -0.2) is 9.37 Å². The molecule has 1 heterocycles. The van der Waals surface area contributed by atoms with Crippen LogP contribution >= 0.6 is 11.6 Å². The Labute approximate surface area is 84.6 Å². The van der Waals surface area contributed by atoms with Gasteiger partial charge in [-0.05, 0) is 18.2 Å². The maximum atomic E-state index is 13.4. The lowest BCUT2D eigenvalue weighted by Gasteiger charge is -2.00. The third kappa shape index (κ3) is 1.30. The summed E-state index contributed by atoms with van der Waals surface area (Å²) in [5.41, 5.74) is 0.315. The van der Waals surface area contributed by atoms with Gasteiger partial charge in [-0.15, -0.1) is 0 Å². The first kappa shape index (κ1) is 8.92. The van der Waals surface area contributed by atoms with Gasteiger partial charge >= 0.3 is 0 Å². The Morgan fingerprint density at radius 1 is 1.29 bits per heavy atom. The SMILES string of the molecule is N#Cc1ccc2ccc(Cl)c(F)c2n1. The third-order valence-corrected chi connectivity index (χ3v) is 2.16. The first-order chi connectivity index (χ1) is 6.72. The van der Waals surface area contributed by atoms with Crippen molar-refractivity contribution in [3.63, 3.8) is 0 Å². The molecule has 2 nitrogen and oxygen atoms in total. The van der Waals surface area contributed by atoms with Crippen LogP contribution in [0.4, 0.5) is 4.39 Å². The van der Waals surface area contributed by atoms with Crippen LogP contribution in [0.3, 0.4) is 0 Å². The second-order valence-corrected chi connectivity index (χ2v) is 3.15. The molecule has 1 aromatic carbocycles. The predicted octanol–water partition coefficient (Wildman–Crippen LogP) is 2.90. The van der Waals surface area contributed by atoms with E-state index in [1.807, 2.05) is 6.07 Å². The molecule has 0 N–H and O–H groups in total. The Kier molecular flexibility index (Phi) is 2.06. The molecule has 0 unspecified atom stereocenters. The van der Waals surface area contributed by atoms with E-state index >= 15 is 0 Å². The molecule has 0 aliphatic rings. The molecule has 0 spiro atoms. The van der Waals surface area contributed by atoms with Crippen molar-refractivity contribution in [1.82, 2.24) is 4.98 Å². The van der Waals surface area contributed by atoms with Gasteiger partial charge in [-0.3, -0.25) is 0 Å². The molecule has 68 valence electrons. The first-order valence-electron chi connectivity index (χ1n) is 3.87. The van der Waals surface area contributed by atoms with Gasteiger partial charge in [0, 0.05) is 5.39 Å². The highest BCUT2D eigenvalue weighted by Crippen LogP contribution is 2.22. The van der Waals surface area contributed by atoms with Gasteiger partial charge in [0.05, 0.1) is 5.02 Å². The van der Waals surface area contributed by atoms with Gasteiger partial charge in [0.15, 0.2) is 5.82 Å². The van der Waals surface area contributed by atoms with Gasteiger partial charge in [-0.2, -0.15) is 5.26 Å². The van der Waals surface area contributed by atoms with E-state index in [-0.39, 0.29) is 16.2 Å². The number of aromatic nitrogens is 1. The summed E-state index contributed by atoms with van der Waals surface area (Å²) in [6, 6.07) is 8.15. The van der Waals surface area contributed by atoms with Crippen molar-refractivity contribution < 1.29 is 4.39 Å². The van der Waals surface area contributed by atoms with E-state index in [2.05, 4.69) is 4.98 Å². The standard InChI is InChI=1S/C10H4ClFN2/c11-8-4-2-6-1-3-7(5-13)14-10(6)9(8)12/h1-4H. The smallest absolute Gasteiger partial charge is 0.168 e. The number of hydrogen-bond donors (Lipinski definition) is 0. The van der Waals surface area contributed by atoms with E-state index in [9.17, 15) is 4.39 Å². The van der Waals surface area contributed by atoms with Crippen molar-refractivity contribution in [3.05, 3.63) is 40.8 Å². The summed E-state index contributed by atoms with van der Waals surface area (Å²) in [7, 11) is 0. The van der Waals surface area contributed by atoms with Gasteiger partial charge in [0.1, 0.15) is 17.3 Å². The fourth-order valence-electron chi connectivity index (χ4n) is 1.19. The van der Waals surface area contributed by atoms with E-state index in [1.54, 1.807) is 12.1 Å². The minimum absolute atomic E-state index is 0.0140. The van der Waals surface area contributed by atoms with Crippen molar-refractivity contribution in [1.29, 1.82) is 5.26 Å². The van der Waals surface area contributed by atoms with E-state index in [4.69, 9.17) is 16.9 Å². The molecule has 0 atom stereocenters. The zero-order valence-corrected chi connectivity index (χ0v) is 7.72. The van der Waals surface area contributed by atoms with Crippen LogP contribution in [0.5, 0.6) is 0 Å². The summed E-state index contributed by atoms with van der Waals surface area (Å²) in [5, 5.41) is 9.23. The fraction of sp³-hybridized carbons (Fsp3) is 0. The maximum absolute atomic E-state index is 13.4. The van der Waals surface area contributed by atoms with Crippen molar-refractivity contribution in [2.45, 2.75) is 0 Å². The maximum Gasteiger partial charge on any atom is 0.168 e. The van der Waals surface area contributed by atoms with Crippen LogP contribution < -0.4 is 0 Å². The van der Waals surface area contributed by atoms with E-state index in [1.165, 1.54) is 12.1 Å².